The van der Waals surface area contributed by atoms with Crippen LogP contribution >= 0.6 is 0 Å². The van der Waals surface area contributed by atoms with Crippen molar-refractivity contribution in [3.05, 3.63) is 0 Å². The molecule has 0 saturated carbocycles. The molecule has 2 unspecified atom stereocenters. The Morgan fingerprint density at radius 3 is 2.00 bits per heavy atom. The van der Waals surface area contributed by atoms with Crippen molar-refractivity contribution in [3.8, 4) is 0 Å². The molecule has 0 aromatic rings. The molecule has 62 valence electrons. The molecule has 2 nitrogen and oxygen atoms in total. The van der Waals surface area contributed by atoms with Crippen LogP contribution < -0.4 is 5.14 Å². The predicted molar refractivity (Wildman–Crippen MR) is 45.8 cm³/mol. The first-order valence-corrected chi connectivity index (χ1v) is 4.85. The lowest BCUT2D eigenvalue weighted by atomic mass is 9.83. The van der Waals surface area contributed by atoms with E-state index in [0.717, 1.165) is 0 Å². The molecule has 10 heavy (non-hydrogen) atoms. The van der Waals surface area contributed by atoms with Gasteiger partial charge in [-0.1, -0.05) is 27.7 Å². The Labute approximate surface area is 65.8 Å². The molecule has 0 aliphatic carbocycles. The van der Waals surface area contributed by atoms with Crippen LogP contribution in [0.3, 0.4) is 0 Å². The van der Waals surface area contributed by atoms with Crippen LogP contribution in [-0.4, -0.2) is 9.96 Å². The van der Waals surface area contributed by atoms with Gasteiger partial charge in [0.1, 0.15) is 0 Å². The Bertz CT molecular complexity index is 128. The number of hydrogen-bond acceptors (Lipinski definition) is 1. The third-order valence-electron chi connectivity index (χ3n) is 1.89. The summed E-state index contributed by atoms with van der Waals surface area (Å²) in [6.07, 6.45) is 0. The van der Waals surface area contributed by atoms with Crippen LogP contribution in [0.4, 0.5) is 0 Å². The predicted octanol–water partition coefficient (Wildman–Crippen LogP) is 1.29. The quantitative estimate of drug-likeness (QED) is 0.655. The van der Waals surface area contributed by atoms with E-state index < -0.39 is 11.0 Å². The van der Waals surface area contributed by atoms with Crippen LogP contribution in [0, 0.1) is 11.3 Å². The van der Waals surface area contributed by atoms with E-state index in [1.807, 2.05) is 0 Å². The highest BCUT2D eigenvalue weighted by atomic mass is 32.2. The first-order chi connectivity index (χ1) is 4.34. The fourth-order valence-corrected chi connectivity index (χ4v) is 1.49. The third kappa shape index (κ3) is 4.01. The van der Waals surface area contributed by atoms with Crippen LogP contribution in [0.5, 0.6) is 0 Å². The zero-order valence-corrected chi connectivity index (χ0v) is 7.99. The molecular weight excluding hydrogens is 146 g/mol. The summed E-state index contributed by atoms with van der Waals surface area (Å²) in [6.45, 7) is 8.46. The topological polar surface area (TPSA) is 43.1 Å². The average Bonchev–Trinajstić information content (AvgIpc) is 1.60. The largest absolute Gasteiger partial charge is 0.252 e. The lowest BCUT2D eigenvalue weighted by Gasteiger charge is -2.25. The van der Waals surface area contributed by atoms with Crippen molar-refractivity contribution < 1.29 is 4.21 Å². The van der Waals surface area contributed by atoms with Crippen molar-refractivity contribution in [2.24, 2.45) is 16.5 Å². The van der Waals surface area contributed by atoms with Crippen LogP contribution in [0.2, 0.25) is 0 Å². The Kier molecular flexibility index (Phi) is 3.52. The standard InChI is InChI=1S/C7H17NOS/c1-6(5-10(8)9)7(2,3)4/h6H,5,8H2,1-4H3. The summed E-state index contributed by atoms with van der Waals surface area (Å²) < 4.78 is 10.6. The van der Waals surface area contributed by atoms with Gasteiger partial charge in [0.25, 0.3) is 0 Å². The van der Waals surface area contributed by atoms with Gasteiger partial charge in [0.2, 0.25) is 0 Å². The van der Waals surface area contributed by atoms with Gasteiger partial charge in [-0.3, -0.25) is 5.14 Å². The smallest absolute Gasteiger partial charge is 0.0890 e. The average molecular weight is 163 g/mol. The molecule has 0 aliphatic rings. The van der Waals surface area contributed by atoms with Gasteiger partial charge in [0.05, 0.1) is 11.0 Å². The molecule has 0 saturated heterocycles. The molecular formula is C7H17NOS. The van der Waals surface area contributed by atoms with Crippen LogP contribution in [0.1, 0.15) is 27.7 Å². The second kappa shape index (κ2) is 3.49. The summed E-state index contributed by atoms with van der Waals surface area (Å²) >= 11 is 0. The van der Waals surface area contributed by atoms with Gasteiger partial charge in [0, 0.05) is 5.75 Å². The molecule has 3 heteroatoms. The number of hydrogen-bond donors (Lipinski definition) is 1. The summed E-state index contributed by atoms with van der Waals surface area (Å²) in [7, 11) is -1.14. The summed E-state index contributed by atoms with van der Waals surface area (Å²) in [5.74, 6) is 1.02. The van der Waals surface area contributed by atoms with Crippen molar-refractivity contribution >= 4 is 11.0 Å². The molecule has 0 bridgehead atoms. The first kappa shape index (κ1) is 10.1. The van der Waals surface area contributed by atoms with Crippen molar-refractivity contribution in [2.45, 2.75) is 27.7 Å². The minimum Gasteiger partial charge on any atom is -0.252 e. The molecule has 0 rings (SSSR count). The molecule has 0 amide bonds. The van der Waals surface area contributed by atoms with Crippen molar-refractivity contribution in [2.75, 3.05) is 5.75 Å². The Balaban J connectivity index is 3.85. The fraction of sp³-hybridized carbons (Fsp3) is 1.00. The van der Waals surface area contributed by atoms with Gasteiger partial charge >= 0.3 is 0 Å². The highest BCUT2D eigenvalue weighted by Crippen LogP contribution is 2.25. The SMILES string of the molecule is CC(CS(N)=O)C(C)(C)C. The lowest BCUT2D eigenvalue weighted by Crippen LogP contribution is -2.25. The van der Waals surface area contributed by atoms with Crippen LogP contribution in [0.15, 0.2) is 0 Å². The number of nitrogens with two attached hydrogens (primary N) is 1. The van der Waals surface area contributed by atoms with Gasteiger partial charge in [0.15, 0.2) is 0 Å². The summed E-state index contributed by atoms with van der Waals surface area (Å²) in [5.41, 5.74) is 0.217. The molecule has 0 spiro atoms. The fourth-order valence-electron chi connectivity index (χ4n) is 0.496. The summed E-state index contributed by atoms with van der Waals surface area (Å²) in [5, 5.41) is 5.16. The molecule has 0 aromatic carbocycles. The van der Waals surface area contributed by atoms with Crippen LogP contribution in [0.25, 0.3) is 0 Å². The van der Waals surface area contributed by atoms with E-state index in [4.69, 9.17) is 5.14 Å². The third-order valence-corrected chi connectivity index (χ3v) is 2.72. The van der Waals surface area contributed by atoms with E-state index in [-0.39, 0.29) is 5.41 Å². The van der Waals surface area contributed by atoms with E-state index in [0.29, 0.717) is 11.7 Å². The minimum atomic E-state index is -1.14. The summed E-state index contributed by atoms with van der Waals surface area (Å²) in [6, 6.07) is 0. The maximum atomic E-state index is 10.6. The Hall–Kier alpha value is 0.110. The second-order valence-corrected chi connectivity index (χ2v) is 4.91. The van der Waals surface area contributed by atoms with Gasteiger partial charge in [-0.2, -0.15) is 0 Å². The molecule has 0 aliphatic heterocycles. The maximum Gasteiger partial charge on any atom is 0.0890 e. The number of rotatable bonds is 2. The van der Waals surface area contributed by atoms with E-state index in [1.54, 1.807) is 0 Å². The van der Waals surface area contributed by atoms with Gasteiger partial charge in [-0.15, -0.1) is 0 Å². The van der Waals surface area contributed by atoms with Crippen molar-refractivity contribution in [3.63, 3.8) is 0 Å². The molecule has 0 aromatic heterocycles. The van der Waals surface area contributed by atoms with E-state index in [1.165, 1.54) is 0 Å². The second-order valence-electron chi connectivity index (χ2n) is 3.81. The van der Waals surface area contributed by atoms with Gasteiger partial charge in [-0.05, 0) is 11.3 Å². The maximum absolute atomic E-state index is 10.6. The van der Waals surface area contributed by atoms with E-state index in [2.05, 4.69) is 27.7 Å². The lowest BCUT2D eigenvalue weighted by molar-refractivity contribution is 0.287. The van der Waals surface area contributed by atoms with Gasteiger partial charge < -0.3 is 0 Å². The normalized spacial score (nSPS) is 18.5. The highest BCUT2D eigenvalue weighted by molar-refractivity contribution is 7.82. The minimum absolute atomic E-state index is 0.217. The molecule has 0 heterocycles. The molecule has 0 radical (unpaired) electrons. The molecule has 2 atom stereocenters. The summed E-state index contributed by atoms with van der Waals surface area (Å²) in [4.78, 5) is 0. The Morgan fingerprint density at radius 1 is 1.50 bits per heavy atom. The van der Waals surface area contributed by atoms with Crippen molar-refractivity contribution in [1.29, 1.82) is 0 Å². The molecule has 2 N–H and O–H groups in total. The van der Waals surface area contributed by atoms with Gasteiger partial charge in [-0.25, -0.2) is 4.21 Å². The zero-order valence-electron chi connectivity index (χ0n) is 7.18. The highest BCUT2D eigenvalue weighted by Gasteiger charge is 2.20. The van der Waals surface area contributed by atoms with E-state index >= 15 is 0 Å². The van der Waals surface area contributed by atoms with Crippen molar-refractivity contribution in [1.82, 2.24) is 0 Å². The monoisotopic (exact) mass is 163 g/mol. The van der Waals surface area contributed by atoms with E-state index in [9.17, 15) is 4.21 Å². The zero-order chi connectivity index (χ0) is 8.36. The molecule has 0 fully saturated rings. The first-order valence-electron chi connectivity index (χ1n) is 3.47. The Morgan fingerprint density at radius 2 is 1.90 bits per heavy atom. The van der Waals surface area contributed by atoms with Crippen LogP contribution in [-0.2, 0) is 11.0 Å².